The molecule has 3 rings (SSSR count). The summed E-state index contributed by atoms with van der Waals surface area (Å²) in [6.07, 6.45) is 4.43. The van der Waals surface area contributed by atoms with Gasteiger partial charge in [0, 0.05) is 17.9 Å². The largest absolute Gasteiger partial charge is 0.326 e. The van der Waals surface area contributed by atoms with Crippen LogP contribution >= 0.6 is 0 Å². The number of fused-ring (bicyclic) bond motifs is 1. The number of amides is 1. The van der Waals surface area contributed by atoms with E-state index in [1.165, 1.54) is 24.8 Å². The van der Waals surface area contributed by atoms with E-state index in [1.807, 2.05) is 0 Å². The van der Waals surface area contributed by atoms with Gasteiger partial charge in [0.2, 0.25) is 5.91 Å². The first-order valence-electron chi connectivity index (χ1n) is 6.54. The monoisotopic (exact) mass is 279 g/mol. The molecule has 0 radical (unpaired) electrons. The first kappa shape index (κ1) is 12.7. The second kappa shape index (κ2) is 4.34. The predicted octanol–water partition coefficient (Wildman–Crippen LogP) is 2.07. The molecule has 2 fully saturated rings. The summed E-state index contributed by atoms with van der Waals surface area (Å²) in [5, 5.41) is 2.83. The Morgan fingerprint density at radius 2 is 1.89 bits per heavy atom. The van der Waals surface area contributed by atoms with E-state index in [0.717, 1.165) is 24.7 Å². The van der Waals surface area contributed by atoms with Gasteiger partial charge in [0.05, 0.1) is 4.90 Å². The van der Waals surface area contributed by atoms with Crippen LogP contribution in [-0.2, 0) is 14.6 Å². The van der Waals surface area contributed by atoms with Gasteiger partial charge in [-0.1, -0.05) is 6.07 Å². The fourth-order valence-corrected chi connectivity index (χ4v) is 3.64. The minimum Gasteiger partial charge on any atom is -0.326 e. The van der Waals surface area contributed by atoms with Gasteiger partial charge < -0.3 is 5.32 Å². The molecule has 0 aliphatic heterocycles. The fourth-order valence-electron chi connectivity index (χ4n) is 2.98. The van der Waals surface area contributed by atoms with Gasteiger partial charge in [-0.05, 0) is 49.3 Å². The van der Waals surface area contributed by atoms with Crippen molar-refractivity contribution in [1.82, 2.24) is 0 Å². The summed E-state index contributed by atoms with van der Waals surface area (Å²) in [7, 11) is -3.23. The maximum Gasteiger partial charge on any atom is 0.227 e. The van der Waals surface area contributed by atoms with Crippen LogP contribution < -0.4 is 5.32 Å². The molecule has 1 amide bonds. The van der Waals surface area contributed by atoms with E-state index >= 15 is 0 Å². The van der Waals surface area contributed by atoms with Crippen molar-refractivity contribution in [3.63, 3.8) is 0 Å². The average Bonchev–Trinajstić information content (AvgIpc) is 2.95. The number of benzene rings is 1. The minimum atomic E-state index is -3.23. The van der Waals surface area contributed by atoms with E-state index in [9.17, 15) is 13.2 Å². The van der Waals surface area contributed by atoms with Crippen molar-refractivity contribution >= 4 is 21.4 Å². The van der Waals surface area contributed by atoms with Crippen LogP contribution in [0, 0.1) is 17.8 Å². The highest BCUT2D eigenvalue weighted by Crippen LogP contribution is 2.54. The molecular weight excluding hydrogens is 262 g/mol. The molecule has 2 aliphatic rings. The number of carbonyl (C=O) groups is 1. The van der Waals surface area contributed by atoms with Crippen LogP contribution in [0.5, 0.6) is 0 Å². The molecule has 2 atom stereocenters. The molecule has 19 heavy (non-hydrogen) atoms. The fraction of sp³-hybridized carbons (Fsp3) is 0.500. The van der Waals surface area contributed by atoms with Gasteiger partial charge in [0.25, 0.3) is 0 Å². The van der Waals surface area contributed by atoms with Crippen molar-refractivity contribution in [2.75, 3.05) is 11.6 Å². The zero-order valence-corrected chi connectivity index (χ0v) is 11.6. The molecule has 1 aromatic carbocycles. The number of hydrogen-bond donors (Lipinski definition) is 1. The smallest absolute Gasteiger partial charge is 0.227 e. The Balaban J connectivity index is 1.71. The maximum atomic E-state index is 12.1. The molecule has 5 heteroatoms. The summed E-state index contributed by atoms with van der Waals surface area (Å²) in [4.78, 5) is 12.3. The van der Waals surface area contributed by atoms with Crippen molar-refractivity contribution in [2.24, 2.45) is 17.8 Å². The lowest BCUT2D eigenvalue weighted by molar-refractivity contribution is -0.120. The molecule has 2 saturated carbocycles. The molecule has 1 N–H and O–H groups in total. The van der Waals surface area contributed by atoms with Gasteiger partial charge in [-0.25, -0.2) is 8.42 Å². The molecule has 0 bridgehead atoms. The van der Waals surface area contributed by atoms with Gasteiger partial charge in [0.1, 0.15) is 0 Å². The highest BCUT2D eigenvalue weighted by atomic mass is 32.2. The summed E-state index contributed by atoms with van der Waals surface area (Å²) in [5.74, 6) is 1.65. The van der Waals surface area contributed by atoms with Crippen molar-refractivity contribution in [1.29, 1.82) is 0 Å². The zero-order chi connectivity index (χ0) is 13.6. The molecule has 1 aromatic rings. The predicted molar refractivity (Wildman–Crippen MR) is 72.5 cm³/mol. The number of nitrogens with one attached hydrogen (secondary N) is 1. The third-order valence-electron chi connectivity index (χ3n) is 4.14. The van der Waals surface area contributed by atoms with E-state index in [2.05, 4.69) is 5.32 Å². The number of anilines is 1. The van der Waals surface area contributed by atoms with E-state index in [4.69, 9.17) is 0 Å². The Kier molecular flexibility index (Phi) is 2.89. The lowest BCUT2D eigenvalue weighted by Crippen LogP contribution is -2.21. The van der Waals surface area contributed by atoms with Gasteiger partial charge in [-0.3, -0.25) is 4.79 Å². The van der Waals surface area contributed by atoms with Crippen molar-refractivity contribution in [3.05, 3.63) is 24.3 Å². The van der Waals surface area contributed by atoms with Crippen LogP contribution in [0.25, 0.3) is 0 Å². The van der Waals surface area contributed by atoms with Crippen LogP contribution in [0.4, 0.5) is 5.69 Å². The summed E-state index contributed by atoms with van der Waals surface area (Å²) in [6.45, 7) is 0. The number of hydrogen-bond acceptors (Lipinski definition) is 3. The normalized spacial score (nSPS) is 28.8. The van der Waals surface area contributed by atoms with Crippen molar-refractivity contribution in [2.45, 2.75) is 24.2 Å². The maximum absolute atomic E-state index is 12.1. The van der Waals surface area contributed by atoms with Crippen LogP contribution in [-0.4, -0.2) is 20.6 Å². The molecule has 0 heterocycles. The molecule has 0 spiro atoms. The van der Waals surface area contributed by atoms with Gasteiger partial charge in [-0.15, -0.1) is 0 Å². The van der Waals surface area contributed by atoms with Gasteiger partial charge in [0.15, 0.2) is 9.84 Å². The highest BCUT2D eigenvalue weighted by Gasteiger charge is 2.47. The number of rotatable bonds is 3. The van der Waals surface area contributed by atoms with E-state index in [1.54, 1.807) is 12.1 Å². The third kappa shape index (κ3) is 2.66. The highest BCUT2D eigenvalue weighted by molar-refractivity contribution is 7.90. The first-order chi connectivity index (χ1) is 8.93. The summed E-state index contributed by atoms with van der Waals surface area (Å²) >= 11 is 0. The van der Waals surface area contributed by atoms with Crippen LogP contribution in [0.1, 0.15) is 19.3 Å². The Labute approximate surface area is 113 Å². The average molecular weight is 279 g/mol. The molecule has 2 unspecified atom stereocenters. The third-order valence-corrected chi connectivity index (χ3v) is 5.25. The van der Waals surface area contributed by atoms with Crippen LogP contribution in [0.2, 0.25) is 0 Å². The van der Waals surface area contributed by atoms with Gasteiger partial charge in [-0.2, -0.15) is 0 Å². The minimum absolute atomic E-state index is 0.0258. The Hall–Kier alpha value is -1.36. The molecule has 2 aliphatic carbocycles. The van der Waals surface area contributed by atoms with Crippen LogP contribution in [0.15, 0.2) is 29.2 Å². The zero-order valence-electron chi connectivity index (χ0n) is 10.8. The standard InChI is InChI=1S/C14H17NO3S/c1-19(17,18)13-4-2-3-12(8-13)15-14(16)11-6-9-5-10(9)7-11/h2-4,8-11H,5-7H2,1H3,(H,15,16). The second-order valence-electron chi connectivity index (χ2n) is 5.71. The van der Waals surface area contributed by atoms with Crippen molar-refractivity contribution in [3.8, 4) is 0 Å². The first-order valence-corrected chi connectivity index (χ1v) is 8.43. The Bertz CT molecular complexity index is 613. The lowest BCUT2D eigenvalue weighted by atomic mass is 10.0. The molecule has 0 saturated heterocycles. The molecular formula is C14H17NO3S. The van der Waals surface area contributed by atoms with Crippen molar-refractivity contribution < 1.29 is 13.2 Å². The lowest BCUT2D eigenvalue weighted by Gasteiger charge is -2.12. The molecule has 4 nitrogen and oxygen atoms in total. The summed E-state index contributed by atoms with van der Waals surface area (Å²) in [6, 6.07) is 6.43. The van der Waals surface area contributed by atoms with E-state index in [-0.39, 0.29) is 16.7 Å². The summed E-state index contributed by atoms with van der Waals surface area (Å²) < 4.78 is 22.9. The Morgan fingerprint density at radius 3 is 2.53 bits per heavy atom. The Morgan fingerprint density at radius 1 is 1.21 bits per heavy atom. The van der Waals surface area contributed by atoms with Gasteiger partial charge >= 0.3 is 0 Å². The summed E-state index contributed by atoms with van der Waals surface area (Å²) in [5.41, 5.74) is 0.563. The topological polar surface area (TPSA) is 63.2 Å². The second-order valence-corrected chi connectivity index (χ2v) is 7.73. The number of carbonyl (C=O) groups excluding carboxylic acids is 1. The van der Waals surface area contributed by atoms with E-state index < -0.39 is 9.84 Å². The quantitative estimate of drug-likeness (QED) is 0.921. The molecule has 102 valence electrons. The molecule has 0 aromatic heterocycles. The number of sulfone groups is 1. The van der Waals surface area contributed by atoms with Crippen LogP contribution in [0.3, 0.4) is 0 Å². The SMILES string of the molecule is CS(=O)(=O)c1cccc(NC(=O)C2CC3CC3C2)c1. The van der Waals surface area contributed by atoms with E-state index in [0.29, 0.717) is 5.69 Å².